The van der Waals surface area contributed by atoms with Gasteiger partial charge in [-0.25, -0.2) is 0 Å². The molecule has 3 rings (SSSR count). The van der Waals surface area contributed by atoms with E-state index in [-0.39, 0.29) is 6.04 Å². The van der Waals surface area contributed by atoms with E-state index in [4.69, 9.17) is 0 Å². The number of unbranched alkanes of at least 4 members (excludes halogenated alkanes) is 2. The molecule has 1 fully saturated rings. The van der Waals surface area contributed by atoms with Crippen LogP contribution in [0.1, 0.15) is 42.9 Å². The van der Waals surface area contributed by atoms with Gasteiger partial charge in [0.15, 0.2) is 0 Å². The molecule has 28 heavy (non-hydrogen) atoms. The molecule has 2 aromatic rings. The molecule has 1 saturated heterocycles. The average molecular weight is 380 g/mol. The van der Waals surface area contributed by atoms with Crippen molar-refractivity contribution in [2.45, 2.75) is 31.7 Å². The first-order valence-electron chi connectivity index (χ1n) is 10.6. The van der Waals surface area contributed by atoms with Gasteiger partial charge in [0.1, 0.15) is 0 Å². The van der Waals surface area contributed by atoms with Crippen molar-refractivity contribution in [3.8, 4) is 0 Å². The third-order valence-electron chi connectivity index (χ3n) is 5.58. The first-order valence-corrected chi connectivity index (χ1v) is 10.6. The zero-order chi connectivity index (χ0) is 19.6. The summed E-state index contributed by atoms with van der Waals surface area (Å²) in [6.07, 6.45) is 3.95. The Hall–Kier alpha value is -2.17. The van der Waals surface area contributed by atoms with Gasteiger partial charge in [0.2, 0.25) is 5.91 Å². The van der Waals surface area contributed by atoms with E-state index in [1.54, 1.807) is 0 Å². The fourth-order valence-electron chi connectivity index (χ4n) is 4.03. The molecule has 1 amide bonds. The second kappa shape index (κ2) is 11.0. The summed E-state index contributed by atoms with van der Waals surface area (Å²) in [5, 5.41) is 3.16. The van der Waals surface area contributed by atoms with Gasteiger partial charge < -0.3 is 10.2 Å². The van der Waals surface area contributed by atoms with Crippen LogP contribution in [0.2, 0.25) is 0 Å². The molecule has 1 aliphatic rings. The van der Waals surface area contributed by atoms with E-state index in [1.165, 1.54) is 11.1 Å². The third-order valence-corrected chi connectivity index (χ3v) is 5.58. The van der Waals surface area contributed by atoms with Gasteiger partial charge in [0.05, 0.1) is 6.04 Å². The highest BCUT2D eigenvalue weighted by atomic mass is 16.2. The van der Waals surface area contributed by atoms with Crippen LogP contribution in [0.25, 0.3) is 0 Å². The number of nitrogens with zero attached hydrogens (tertiary/aromatic N) is 2. The lowest BCUT2D eigenvalue weighted by molar-refractivity contribution is -0.133. The second-order valence-corrected chi connectivity index (χ2v) is 7.55. The zero-order valence-electron chi connectivity index (χ0n) is 17.0. The Balaban J connectivity index is 1.58. The number of piperazine rings is 1. The number of nitrogens with one attached hydrogen (secondary N) is 1. The van der Waals surface area contributed by atoms with E-state index in [0.717, 1.165) is 52.0 Å². The summed E-state index contributed by atoms with van der Waals surface area (Å²) in [4.78, 5) is 17.1. The Morgan fingerprint density at radius 2 is 1.43 bits per heavy atom. The van der Waals surface area contributed by atoms with Crippen LogP contribution in [-0.4, -0.2) is 55.5 Å². The monoisotopic (exact) mass is 379 g/mol. The molecule has 0 spiro atoms. The van der Waals surface area contributed by atoms with Crippen LogP contribution in [0.4, 0.5) is 0 Å². The van der Waals surface area contributed by atoms with Crippen molar-refractivity contribution in [3.63, 3.8) is 0 Å². The molecule has 0 radical (unpaired) electrons. The van der Waals surface area contributed by atoms with Crippen LogP contribution in [0.15, 0.2) is 60.7 Å². The first-order chi connectivity index (χ1) is 13.8. The Kier molecular flexibility index (Phi) is 8.07. The van der Waals surface area contributed by atoms with E-state index in [0.29, 0.717) is 12.3 Å². The number of amides is 1. The van der Waals surface area contributed by atoms with Crippen LogP contribution in [0.5, 0.6) is 0 Å². The standard InChI is InChI=1S/C24H33N3O/c1-25-16-10-4-9-15-23(28)26-17-19-27(20-18-26)24(21-11-5-2-6-12-21)22-13-7-3-8-14-22/h2-3,5-8,11-14,24-25H,4,9-10,15-20H2,1H3. The molecule has 0 atom stereocenters. The largest absolute Gasteiger partial charge is 0.340 e. The lowest BCUT2D eigenvalue weighted by Gasteiger charge is -2.40. The third kappa shape index (κ3) is 5.66. The molecule has 0 bridgehead atoms. The van der Waals surface area contributed by atoms with Crippen molar-refractivity contribution in [1.82, 2.24) is 15.1 Å². The van der Waals surface area contributed by atoms with Gasteiger partial charge in [-0.2, -0.15) is 0 Å². The topological polar surface area (TPSA) is 35.6 Å². The molecule has 0 saturated carbocycles. The van der Waals surface area contributed by atoms with Crippen molar-refractivity contribution in [2.24, 2.45) is 0 Å². The average Bonchev–Trinajstić information content (AvgIpc) is 2.76. The summed E-state index contributed by atoms with van der Waals surface area (Å²) in [6.45, 7) is 4.52. The van der Waals surface area contributed by atoms with Crippen LogP contribution < -0.4 is 5.32 Å². The number of carbonyl (C=O) groups excluding carboxylic acids is 1. The van der Waals surface area contributed by atoms with Gasteiger partial charge >= 0.3 is 0 Å². The summed E-state index contributed by atoms with van der Waals surface area (Å²) in [5.41, 5.74) is 2.64. The number of hydrogen-bond donors (Lipinski definition) is 1. The zero-order valence-corrected chi connectivity index (χ0v) is 17.0. The van der Waals surface area contributed by atoms with Gasteiger partial charge in [-0.05, 0) is 37.6 Å². The molecule has 150 valence electrons. The van der Waals surface area contributed by atoms with Crippen molar-refractivity contribution >= 4 is 5.91 Å². The predicted octanol–water partition coefficient (Wildman–Crippen LogP) is 3.70. The maximum Gasteiger partial charge on any atom is 0.222 e. The molecule has 0 unspecified atom stereocenters. The summed E-state index contributed by atoms with van der Waals surface area (Å²) in [7, 11) is 1.97. The van der Waals surface area contributed by atoms with Gasteiger partial charge in [-0.1, -0.05) is 67.1 Å². The molecule has 1 N–H and O–H groups in total. The molecule has 0 aliphatic carbocycles. The molecule has 0 aromatic heterocycles. The quantitative estimate of drug-likeness (QED) is 0.675. The molecular weight excluding hydrogens is 346 g/mol. The summed E-state index contributed by atoms with van der Waals surface area (Å²) < 4.78 is 0. The normalized spacial score (nSPS) is 15.1. The summed E-state index contributed by atoms with van der Waals surface area (Å²) in [5.74, 6) is 0.320. The Labute approximate surface area is 169 Å². The summed E-state index contributed by atoms with van der Waals surface area (Å²) in [6, 6.07) is 21.7. The highest BCUT2D eigenvalue weighted by molar-refractivity contribution is 5.76. The maximum absolute atomic E-state index is 12.5. The number of rotatable bonds is 9. The minimum atomic E-state index is 0.251. The predicted molar refractivity (Wildman–Crippen MR) is 115 cm³/mol. The lowest BCUT2D eigenvalue weighted by atomic mass is 9.96. The van der Waals surface area contributed by atoms with Crippen molar-refractivity contribution in [3.05, 3.63) is 71.8 Å². The highest BCUT2D eigenvalue weighted by Gasteiger charge is 2.27. The Morgan fingerprint density at radius 1 is 0.857 bits per heavy atom. The van der Waals surface area contributed by atoms with Gasteiger partial charge in [-0.3, -0.25) is 9.69 Å². The van der Waals surface area contributed by atoms with E-state index in [9.17, 15) is 4.79 Å². The molecular formula is C24H33N3O. The number of carbonyl (C=O) groups is 1. The Bertz CT molecular complexity index is 657. The molecule has 1 heterocycles. The lowest BCUT2D eigenvalue weighted by Crippen LogP contribution is -2.49. The highest BCUT2D eigenvalue weighted by Crippen LogP contribution is 2.29. The van der Waals surface area contributed by atoms with E-state index in [1.807, 2.05) is 7.05 Å². The fraction of sp³-hybridized carbons (Fsp3) is 0.458. The Morgan fingerprint density at radius 3 is 1.96 bits per heavy atom. The van der Waals surface area contributed by atoms with Crippen LogP contribution in [0, 0.1) is 0 Å². The molecule has 4 nitrogen and oxygen atoms in total. The fourth-order valence-corrected chi connectivity index (χ4v) is 4.03. The molecule has 2 aromatic carbocycles. The van der Waals surface area contributed by atoms with E-state index < -0.39 is 0 Å². The van der Waals surface area contributed by atoms with Crippen molar-refractivity contribution in [1.29, 1.82) is 0 Å². The minimum absolute atomic E-state index is 0.251. The second-order valence-electron chi connectivity index (χ2n) is 7.55. The van der Waals surface area contributed by atoms with Crippen LogP contribution in [0.3, 0.4) is 0 Å². The number of benzene rings is 2. The van der Waals surface area contributed by atoms with Crippen LogP contribution in [-0.2, 0) is 4.79 Å². The van der Waals surface area contributed by atoms with E-state index in [2.05, 4.69) is 75.8 Å². The van der Waals surface area contributed by atoms with Gasteiger partial charge in [0.25, 0.3) is 0 Å². The maximum atomic E-state index is 12.5. The van der Waals surface area contributed by atoms with Crippen molar-refractivity contribution < 1.29 is 4.79 Å². The van der Waals surface area contributed by atoms with Gasteiger partial charge in [0, 0.05) is 32.6 Å². The smallest absolute Gasteiger partial charge is 0.222 e. The van der Waals surface area contributed by atoms with Gasteiger partial charge in [-0.15, -0.1) is 0 Å². The number of hydrogen-bond acceptors (Lipinski definition) is 3. The molecule has 4 heteroatoms. The first kappa shape index (κ1) is 20.6. The summed E-state index contributed by atoms with van der Waals surface area (Å²) >= 11 is 0. The molecule has 1 aliphatic heterocycles. The minimum Gasteiger partial charge on any atom is -0.340 e. The van der Waals surface area contributed by atoms with Crippen molar-refractivity contribution in [2.75, 3.05) is 39.8 Å². The van der Waals surface area contributed by atoms with Crippen LogP contribution >= 0.6 is 0 Å². The van der Waals surface area contributed by atoms with E-state index >= 15 is 0 Å². The SMILES string of the molecule is CNCCCCCC(=O)N1CCN(C(c2ccccc2)c2ccccc2)CC1.